The van der Waals surface area contributed by atoms with Crippen LogP contribution in [0, 0.1) is 5.92 Å². The van der Waals surface area contributed by atoms with Gasteiger partial charge in [-0.05, 0) is 30.4 Å². The average molecular weight is 499 g/mol. The first-order valence-electron chi connectivity index (χ1n) is 12.4. The number of aromatic nitrogens is 1. The lowest BCUT2D eigenvalue weighted by Gasteiger charge is -2.28. The smallest absolute Gasteiger partial charge is 0.245 e. The lowest BCUT2D eigenvalue weighted by atomic mass is 9.88. The SMILES string of the molecule is COCCN(CC(=O)Nc1nc(CC(=O)N2CCc3ccccc3C2)cs1)C(=O)C1CCCCC1. The normalized spacial score (nSPS) is 16.0. The van der Waals surface area contributed by atoms with Gasteiger partial charge in [0.15, 0.2) is 5.13 Å². The Kier molecular flexibility index (Phi) is 8.87. The molecule has 1 N–H and O–H groups in total. The van der Waals surface area contributed by atoms with Gasteiger partial charge in [-0.1, -0.05) is 43.5 Å². The van der Waals surface area contributed by atoms with Gasteiger partial charge in [-0.25, -0.2) is 4.98 Å². The van der Waals surface area contributed by atoms with E-state index in [-0.39, 0.29) is 36.6 Å². The van der Waals surface area contributed by atoms with Crippen LogP contribution in [0.15, 0.2) is 29.6 Å². The van der Waals surface area contributed by atoms with Crippen LogP contribution in [-0.4, -0.2) is 65.9 Å². The second kappa shape index (κ2) is 12.3. The number of rotatable bonds is 9. The van der Waals surface area contributed by atoms with Crippen molar-refractivity contribution in [1.29, 1.82) is 0 Å². The van der Waals surface area contributed by atoms with Crippen molar-refractivity contribution in [2.24, 2.45) is 5.92 Å². The van der Waals surface area contributed by atoms with Crippen LogP contribution < -0.4 is 5.32 Å². The molecule has 9 heteroatoms. The van der Waals surface area contributed by atoms with Gasteiger partial charge < -0.3 is 19.9 Å². The summed E-state index contributed by atoms with van der Waals surface area (Å²) >= 11 is 1.29. The topological polar surface area (TPSA) is 91.8 Å². The quantitative estimate of drug-likeness (QED) is 0.573. The van der Waals surface area contributed by atoms with E-state index in [1.54, 1.807) is 17.4 Å². The molecule has 0 saturated heterocycles. The highest BCUT2D eigenvalue weighted by molar-refractivity contribution is 7.13. The highest BCUT2D eigenvalue weighted by Crippen LogP contribution is 2.26. The maximum Gasteiger partial charge on any atom is 0.245 e. The molecule has 2 heterocycles. The Hall–Kier alpha value is -2.78. The first kappa shape index (κ1) is 25.3. The second-order valence-corrected chi connectivity index (χ2v) is 10.1. The second-order valence-electron chi connectivity index (χ2n) is 9.29. The van der Waals surface area contributed by atoms with Gasteiger partial charge in [0.25, 0.3) is 0 Å². The van der Waals surface area contributed by atoms with Gasteiger partial charge in [-0.2, -0.15) is 0 Å². The Morgan fingerprint density at radius 3 is 2.71 bits per heavy atom. The summed E-state index contributed by atoms with van der Waals surface area (Å²) in [6.07, 6.45) is 6.12. The Bertz CT molecular complexity index is 1030. The largest absolute Gasteiger partial charge is 0.383 e. The van der Waals surface area contributed by atoms with E-state index in [1.807, 2.05) is 17.0 Å². The van der Waals surface area contributed by atoms with E-state index in [4.69, 9.17) is 4.74 Å². The summed E-state index contributed by atoms with van der Waals surface area (Å²) in [6, 6.07) is 8.22. The van der Waals surface area contributed by atoms with Gasteiger partial charge in [0.05, 0.1) is 18.7 Å². The molecular formula is C26H34N4O4S. The van der Waals surface area contributed by atoms with Gasteiger partial charge in [-0.3, -0.25) is 14.4 Å². The molecule has 4 rings (SSSR count). The van der Waals surface area contributed by atoms with Gasteiger partial charge in [0, 0.05) is 38.0 Å². The first-order valence-corrected chi connectivity index (χ1v) is 13.3. The van der Waals surface area contributed by atoms with Crippen molar-refractivity contribution < 1.29 is 19.1 Å². The van der Waals surface area contributed by atoms with Crippen LogP contribution in [0.4, 0.5) is 5.13 Å². The number of ether oxygens (including phenoxy) is 1. The molecule has 35 heavy (non-hydrogen) atoms. The number of carbonyl (C=O) groups excluding carboxylic acids is 3. The number of anilines is 1. The summed E-state index contributed by atoms with van der Waals surface area (Å²) in [7, 11) is 1.59. The Balaban J connectivity index is 1.29. The van der Waals surface area contributed by atoms with Crippen LogP contribution in [0.2, 0.25) is 0 Å². The fourth-order valence-corrected chi connectivity index (χ4v) is 5.56. The van der Waals surface area contributed by atoms with Crippen molar-refractivity contribution in [2.75, 3.05) is 38.7 Å². The number of amides is 3. The van der Waals surface area contributed by atoms with Crippen molar-refractivity contribution in [3.63, 3.8) is 0 Å². The minimum atomic E-state index is -0.287. The lowest BCUT2D eigenvalue weighted by Crippen LogP contribution is -2.43. The van der Waals surface area contributed by atoms with Crippen molar-refractivity contribution >= 4 is 34.2 Å². The zero-order valence-corrected chi connectivity index (χ0v) is 21.1. The van der Waals surface area contributed by atoms with Crippen LogP contribution in [0.3, 0.4) is 0 Å². The molecule has 188 valence electrons. The summed E-state index contributed by atoms with van der Waals surface area (Å²) in [4.78, 5) is 46.4. The summed E-state index contributed by atoms with van der Waals surface area (Å²) in [5.74, 6) is -0.227. The van der Waals surface area contributed by atoms with E-state index in [2.05, 4.69) is 22.4 Å². The summed E-state index contributed by atoms with van der Waals surface area (Å²) in [5.41, 5.74) is 3.14. The number of hydrogen-bond acceptors (Lipinski definition) is 6. The van der Waals surface area contributed by atoms with Crippen molar-refractivity contribution in [3.05, 3.63) is 46.5 Å². The van der Waals surface area contributed by atoms with Gasteiger partial charge in [0.2, 0.25) is 17.7 Å². The highest BCUT2D eigenvalue weighted by atomic mass is 32.1. The van der Waals surface area contributed by atoms with Crippen molar-refractivity contribution in [3.8, 4) is 0 Å². The molecule has 0 bridgehead atoms. The summed E-state index contributed by atoms with van der Waals surface area (Å²) < 4.78 is 5.15. The molecule has 2 aromatic rings. The highest BCUT2D eigenvalue weighted by Gasteiger charge is 2.27. The Morgan fingerprint density at radius 2 is 1.94 bits per heavy atom. The third kappa shape index (κ3) is 6.89. The van der Waals surface area contributed by atoms with Crippen LogP contribution in [0.1, 0.15) is 48.9 Å². The molecule has 1 aliphatic carbocycles. The molecule has 2 aliphatic rings. The van der Waals surface area contributed by atoms with Crippen molar-refractivity contribution in [1.82, 2.24) is 14.8 Å². The molecule has 8 nitrogen and oxygen atoms in total. The third-order valence-electron chi connectivity index (χ3n) is 6.78. The number of benzene rings is 1. The maximum absolute atomic E-state index is 13.0. The fourth-order valence-electron chi connectivity index (χ4n) is 4.83. The van der Waals surface area contributed by atoms with Gasteiger partial charge >= 0.3 is 0 Å². The van der Waals surface area contributed by atoms with Gasteiger partial charge in [-0.15, -0.1) is 11.3 Å². The monoisotopic (exact) mass is 498 g/mol. The number of thiazole rings is 1. The zero-order valence-electron chi connectivity index (χ0n) is 20.3. The zero-order chi connectivity index (χ0) is 24.6. The van der Waals surface area contributed by atoms with Gasteiger partial charge in [0.1, 0.15) is 6.54 Å². The number of nitrogens with zero attached hydrogens (tertiary/aromatic N) is 3. The lowest BCUT2D eigenvalue weighted by molar-refractivity contribution is -0.140. The number of fused-ring (bicyclic) bond motifs is 1. The molecule has 1 fully saturated rings. The summed E-state index contributed by atoms with van der Waals surface area (Å²) in [6.45, 7) is 2.07. The molecule has 1 aliphatic heterocycles. The van der Waals surface area contributed by atoms with Crippen LogP contribution in [0.5, 0.6) is 0 Å². The Morgan fingerprint density at radius 1 is 1.17 bits per heavy atom. The molecule has 0 spiro atoms. The fraction of sp³-hybridized carbons (Fsp3) is 0.538. The van der Waals surface area contributed by atoms with E-state index in [0.29, 0.717) is 37.1 Å². The number of nitrogens with one attached hydrogen (secondary N) is 1. The predicted octanol–water partition coefficient (Wildman–Crippen LogP) is 3.26. The molecule has 1 aromatic carbocycles. The average Bonchev–Trinajstić information content (AvgIpc) is 3.32. The van der Waals surface area contributed by atoms with Crippen LogP contribution in [0.25, 0.3) is 0 Å². The first-order chi connectivity index (χ1) is 17.0. The minimum Gasteiger partial charge on any atom is -0.383 e. The molecule has 0 unspecified atom stereocenters. The van der Waals surface area contributed by atoms with Crippen LogP contribution in [-0.2, 0) is 38.5 Å². The standard InChI is InChI=1S/C26H34N4O4S/c1-34-14-13-30(25(33)20-8-3-2-4-9-20)17-23(31)28-26-27-22(18-35-26)15-24(32)29-12-11-19-7-5-6-10-21(19)16-29/h5-7,10,18,20H,2-4,8-9,11-17H2,1H3,(H,27,28,31). The van der Waals surface area contributed by atoms with Crippen LogP contribution >= 0.6 is 11.3 Å². The van der Waals surface area contributed by atoms with E-state index >= 15 is 0 Å². The van der Waals surface area contributed by atoms with Crippen molar-refractivity contribution in [2.45, 2.75) is 51.5 Å². The molecule has 0 radical (unpaired) electrons. The molecule has 0 atom stereocenters. The number of carbonyl (C=O) groups is 3. The van der Waals surface area contributed by atoms with E-state index in [9.17, 15) is 14.4 Å². The number of methoxy groups -OCH3 is 1. The number of hydrogen-bond donors (Lipinski definition) is 1. The maximum atomic E-state index is 13.0. The minimum absolute atomic E-state index is 0.00682. The molecule has 1 saturated carbocycles. The van der Waals surface area contributed by atoms with E-state index in [0.717, 1.165) is 32.1 Å². The van der Waals surface area contributed by atoms with E-state index < -0.39 is 0 Å². The molecular weight excluding hydrogens is 464 g/mol. The Labute approximate surface area is 210 Å². The molecule has 3 amide bonds. The van der Waals surface area contributed by atoms with E-state index in [1.165, 1.54) is 28.9 Å². The predicted molar refractivity (Wildman–Crippen MR) is 135 cm³/mol. The molecule has 1 aromatic heterocycles. The summed E-state index contributed by atoms with van der Waals surface area (Å²) in [5, 5.41) is 5.05. The third-order valence-corrected chi connectivity index (χ3v) is 7.59.